The molecule has 2 rings (SSSR count). The quantitative estimate of drug-likeness (QED) is 0.842. The van der Waals surface area contributed by atoms with Gasteiger partial charge in [-0.25, -0.2) is 9.97 Å². The predicted octanol–water partition coefficient (Wildman–Crippen LogP) is 2.65. The summed E-state index contributed by atoms with van der Waals surface area (Å²) in [6.07, 6.45) is 1.87. The zero-order valence-corrected chi connectivity index (χ0v) is 11.8. The highest BCUT2D eigenvalue weighted by Crippen LogP contribution is 2.22. The summed E-state index contributed by atoms with van der Waals surface area (Å²) < 4.78 is 0. The molecule has 0 aromatic carbocycles. The lowest BCUT2D eigenvalue weighted by Gasteiger charge is -2.12. The van der Waals surface area contributed by atoms with Gasteiger partial charge in [-0.1, -0.05) is 18.3 Å². The van der Waals surface area contributed by atoms with Gasteiger partial charge in [0.2, 0.25) is 0 Å². The van der Waals surface area contributed by atoms with Crippen LogP contribution in [0.1, 0.15) is 28.5 Å². The molecule has 0 amide bonds. The van der Waals surface area contributed by atoms with Crippen LogP contribution in [0.25, 0.3) is 0 Å². The maximum absolute atomic E-state index is 5.56. The second-order valence-corrected chi connectivity index (χ2v) is 5.65. The van der Waals surface area contributed by atoms with Crippen molar-refractivity contribution in [3.05, 3.63) is 40.0 Å². The third kappa shape index (κ3) is 3.02. The SMILES string of the molecule is Cc1cnc(C(C)Nc2cccc(C(N)=S)n2)s1. The fourth-order valence-electron chi connectivity index (χ4n) is 1.51. The van der Waals surface area contributed by atoms with Crippen molar-refractivity contribution in [2.45, 2.75) is 19.9 Å². The molecular weight excluding hydrogens is 264 g/mol. The highest BCUT2D eigenvalue weighted by atomic mass is 32.1. The smallest absolute Gasteiger partial charge is 0.127 e. The van der Waals surface area contributed by atoms with Gasteiger partial charge < -0.3 is 11.1 Å². The van der Waals surface area contributed by atoms with E-state index < -0.39 is 0 Å². The van der Waals surface area contributed by atoms with Crippen molar-refractivity contribution in [1.29, 1.82) is 0 Å². The molecule has 2 aromatic heterocycles. The molecule has 94 valence electrons. The Labute approximate surface area is 115 Å². The van der Waals surface area contributed by atoms with Crippen LogP contribution >= 0.6 is 23.6 Å². The Bertz CT molecular complexity index is 565. The van der Waals surface area contributed by atoms with E-state index in [1.165, 1.54) is 4.88 Å². The lowest BCUT2D eigenvalue weighted by Crippen LogP contribution is -2.14. The number of hydrogen-bond acceptors (Lipinski definition) is 5. The first-order chi connectivity index (χ1) is 8.56. The number of nitrogens with one attached hydrogen (secondary N) is 1. The number of thiazole rings is 1. The molecule has 1 unspecified atom stereocenters. The van der Waals surface area contributed by atoms with Crippen molar-refractivity contribution in [3.63, 3.8) is 0 Å². The van der Waals surface area contributed by atoms with Crippen LogP contribution in [0.3, 0.4) is 0 Å². The Morgan fingerprint density at radius 3 is 2.89 bits per heavy atom. The minimum Gasteiger partial charge on any atom is -0.388 e. The second kappa shape index (κ2) is 5.41. The maximum atomic E-state index is 5.56. The Hall–Kier alpha value is -1.53. The summed E-state index contributed by atoms with van der Waals surface area (Å²) in [6, 6.07) is 5.67. The topological polar surface area (TPSA) is 63.8 Å². The minimum atomic E-state index is 0.109. The number of nitrogens with zero attached hydrogens (tertiary/aromatic N) is 2. The molecule has 0 spiro atoms. The molecular formula is C12H14N4S2. The molecule has 0 radical (unpaired) electrons. The Morgan fingerprint density at radius 1 is 1.50 bits per heavy atom. The van der Waals surface area contributed by atoms with Crippen molar-refractivity contribution in [3.8, 4) is 0 Å². The molecule has 0 aliphatic heterocycles. The average molecular weight is 278 g/mol. The highest BCUT2D eigenvalue weighted by Gasteiger charge is 2.10. The Kier molecular flexibility index (Phi) is 3.88. The number of aryl methyl sites for hydroxylation is 1. The van der Waals surface area contributed by atoms with Gasteiger partial charge in [0.15, 0.2) is 0 Å². The average Bonchev–Trinajstić information content (AvgIpc) is 2.76. The van der Waals surface area contributed by atoms with E-state index in [0.717, 1.165) is 10.8 Å². The van der Waals surface area contributed by atoms with Crippen molar-refractivity contribution in [2.24, 2.45) is 5.73 Å². The van der Waals surface area contributed by atoms with Crippen molar-refractivity contribution in [1.82, 2.24) is 9.97 Å². The largest absolute Gasteiger partial charge is 0.388 e. The first-order valence-corrected chi connectivity index (χ1v) is 6.74. The summed E-state index contributed by atoms with van der Waals surface area (Å²) in [4.78, 5) is 10.2. The first-order valence-electron chi connectivity index (χ1n) is 5.52. The van der Waals surface area contributed by atoms with Crippen LogP contribution in [0.5, 0.6) is 0 Å². The number of rotatable bonds is 4. The van der Waals surface area contributed by atoms with Crippen molar-refractivity contribution >= 4 is 34.4 Å². The predicted molar refractivity (Wildman–Crippen MR) is 79.0 cm³/mol. The summed E-state index contributed by atoms with van der Waals surface area (Å²) in [6.45, 7) is 4.09. The molecule has 1 atom stereocenters. The van der Waals surface area contributed by atoms with E-state index in [4.69, 9.17) is 18.0 Å². The lowest BCUT2D eigenvalue weighted by atomic mass is 10.3. The van der Waals surface area contributed by atoms with Crippen LogP contribution in [0.4, 0.5) is 5.82 Å². The monoisotopic (exact) mass is 278 g/mol. The van der Waals surface area contributed by atoms with Gasteiger partial charge in [-0.3, -0.25) is 0 Å². The lowest BCUT2D eigenvalue weighted by molar-refractivity contribution is 0.860. The van der Waals surface area contributed by atoms with Gasteiger partial charge in [-0.15, -0.1) is 11.3 Å². The van der Waals surface area contributed by atoms with Gasteiger partial charge in [0.1, 0.15) is 15.8 Å². The van der Waals surface area contributed by atoms with E-state index in [1.807, 2.05) is 32.2 Å². The molecule has 4 nitrogen and oxygen atoms in total. The third-order valence-corrected chi connectivity index (χ3v) is 3.68. The van der Waals surface area contributed by atoms with Gasteiger partial charge in [0, 0.05) is 11.1 Å². The molecule has 2 heterocycles. The molecule has 0 aliphatic carbocycles. The zero-order chi connectivity index (χ0) is 13.1. The summed E-state index contributed by atoms with van der Waals surface area (Å²) >= 11 is 6.58. The van der Waals surface area contributed by atoms with E-state index in [9.17, 15) is 0 Å². The first kappa shape index (κ1) is 12.9. The fraction of sp³-hybridized carbons (Fsp3) is 0.250. The Morgan fingerprint density at radius 2 is 2.28 bits per heavy atom. The number of hydrogen-bond donors (Lipinski definition) is 2. The van der Waals surface area contributed by atoms with Gasteiger partial charge in [0.25, 0.3) is 0 Å². The number of pyridine rings is 1. The second-order valence-electron chi connectivity index (χ2n) is 3.95. The van der Waals surface area contributed by atoms with Crippen molar-refractivity contribution < 1.29 is 0 Å². The molecule has 0 saturated carbocycles. The molecule has 0 fully saturated rings. The van der Waals surface area contributed by atoms with Crippen LogP contribution in [0.2, 0.25) is 0 Å². The summed E-state index contributed by atoms with van der Waals surface area (Å²) in [5, 5.41) is 4.33. The molecule has 0 aliphatic rings. The third-order valence-electron chi connectivity index (χ3n) is 2.38. The molecule has 2 aromatic rings. The highest BCUT2D eigenvalue weighted by molar-refractivity contribution is 7.80. The molecule has 0 bridgehead atoms. The van der Waals surface area contributed by atoms with Gasteiger partial charge in [-0.2, -0.15) is 0 Å². The van der Waals surface area contributed by atoms with E-state index >= 15 is 0 Å². The fourth-order valence-corrected chi connectivity index (χ4v) is 2.40. The van der Waals surface area contributed by atoms with Crippen LogP contribution in [0, 0.1) is 6.92 Å². The van der Waals surface area contributed by atoms with Crippen LogP contribution in [-0.4, -0.2) is 15.0 Å². The van der Waals surface area contributed by atoms with E-state index in [-0.39, 0.29) is 6.04 Å². The molecule has 6 heteroatoms. The van der Waals surface area contributed by atoms with Crippen LogP contribution < -0.4 is 11.1 Å². The van der Waals surface area contributed by atoms with E-state index in [2.05, 4.69) is 15.3 Å². The van der Waals surface area contributed by atoms with E-state index in [1.54, 1.807) is 17.4 Å². The minimum absolute atomic E-state index is 0.109. The normalized spacial score (nSPS) is 12.1. The number of anilines is 1. The Balaban J connectivity index is 2.14. The molecule has 18 heavy (non-hydrogen) atoms. The summed E-state index contributed by atoms with van der Waals surface area (Å²) in [5.74, 6) is 0.751. The number of thiocarbonyl (C=S) groups is 1. The van der Waals surface area contributed by atoms with Crippen LogP contribution in [0.15, 0.2) is 24.4 Å². The molecule has 3 N–H and O–H groups in total. The van der Waals surface area contributed by atoms with Crippen molar-refractivity contribution in [2.75, 3.05) is 5.32 Å². The summed E-state index contributed by atoms with van der Waals surface area (Å²) in [7, 11) is 0. The number of aromatic nitrogens is 2. The van der Waals surface area contributed by atoms with E-state index in [0.29, 0.717) is 10.7 Å². The van der Waals surface area contributed by atoms with Gasteiger partial charge >= 0.3 is 0 Å². The van der Waals surface area contributed by atoms with Gasteiger partial charge in [0.05, 0.1) is 11.7 Å². The zero-order valence-electron chi connectivity index (χ0n) is 10.2. The standard InChI is InChI=1S/C12H14N4S2/c1-7-6-14-12(18-7)8(2)15-10-5-3-4-9(16-10)11(13)17/h3-6,8H,1-2H3,(H2,13,17)(H,15,16). The number of nitrogens with two attached hydrogens (primary N) is 1. The van der Waals surface area contributed by atoms with Crippen LogP contribution in [-0.2, 0) is 0 Å². The summed E-state index contributed by atoms with van der Waals surface area (Å²) in [5.41, 5.74) is 6.18. The van der Waals surface area contributed by atoms with Gasteiger partial charge in [-0.05, 0) is 26.0 Å². The molecule has 0 saturated heterocycles. The maximum Gasteiger partial charge on any atom is 0.127 e.